The first-order valence-electron chi connectivity index (χ1n) is 4.91. The summed E-state index contributed by atoms with van der Waals surface area (Å²) in [6.07, 6.45) is 1.37. The molecule has 1 aromatic rings. The van der Waals surface area contributed by atoms with Gasteiger partial charge < -0.3 is 10.5 Å². The van der Waals surface area contributed by atoms with E-state index in [0.717, 1.165) is 18.8 Å². The molecule has 0 unspecified atom stereocenters. The summed E-state index contributed by atoms with van der Waals surface area (Å²) in [6, 6.07) is 10.6. The molecule has 2 N–H and O–H groups in total. The van der Waals surface area contributed by atoms with Crippen molar-refractivity contribution in [1.29, 1.82) is 0 Å². The van der Waals surface area contributed by atoms with E-state index in [1.807, 2.05) is 17.8 Å². The van der Waals surface area contributed by atoms with Gasteiger partial charge in [0.05, 0.1) is 12.7 Å². The molecule has 0 aliphatic carbocycles. The van der Waals surface area contributed by atoms with Crippen LogP contribution in [0.1, 0.15) is 6.42 Å². The summed E-state index contributed by atoms with van der Waals surface area (Å²) in [4.78, 5) is 1.32. The number of thioether (sulfide) groups is 1. The van der Waals surface area contributed by atoms with Gasteiger partial charge in [0.2, 0.25) is 0 Å². The Morgan fingerprint density at radius 2 is 2.14 bits per heavy atom. The van der Waals surface area contributed by atoms with E-state index in [2.05, 4.69) is 24.3 Å². The zero-order valence-corrected chi connectivity index (χ0v) is 8.87. The Bertz CT molecular complexity index is 274. The predicted molar refractivity (Wildman–Crippen MR) is 59.5 cm³/mol. The molecule has 0 bridgehead atoms. The van der Waals surface area contributed by atoms with Crippen LogP contribution in [0.15, 0.2) is 35.2 Å². The Balaban J connectivity index is 1.67. The van der Waals surface area contributed by atoms with E-state index < -0.39 is 0 Å². The molecule has 2 rings (SSSR count). The lowest BCUT2D eigenvalue weighted by molar-refractivity contribution is 0.369. The molecule has 0 radical (unpaired) electrons. The first-order chi connectivity index (χ1) is 6.86. The lowest BCUT2D eigenvalue weighted by Crippen LogP contribution is -2.27. The van der Waals surface area contributed by atoms with Crippen molar-refractivity contribution in [2.24, 2.45) is 5.73 Å². The van der Waals surface area contributed by atoms with Crippen LogP contribution in [0, 0.1) is 0 Å². The fourth-order valence-electron chi connectivity index (χ4n) is 1.32. The molecule has 0 saturated carbocycles. The topological polar surface area (TPSA) is 38.5 Å². The average molecular weight is 209 g/mol. The Kier molecular flexibility index (Phi) is 3.45. The van der Waals surface area contributed by atoms with Crippen molar-refractivity contribution in [3.8, 4) is 0 Å². The molecular weight excluding hydrogens is 194 g/mol. The molecule has 1 aromatic carbocycles. The van der Waals surface area contributed by atoms with Gasteiger partial charge in [0.1, 0.15) is 0 Å². The molecule has 76 valence electrons. The minimum Gasteiger partial charge on any atom is -0.371 e. The third-order valence-electron chi connectivity index (χ3n) is 2.30. The van der Waals surface area contributed by atoms with Crippen LogP contribution in [0.2, 0.25) is 0 Å². The van der Waals surface area contributed by atoms with Crippen molar-refractivity contribution in [3.05, 3.63) is 30.3 Å². The molecule has 3 heteroatoms. The van der Waals surface area contributed by atoms with Gasteiger partial charge >= 0.3 is 0 Å². The second-order valence-corrected chi connectivity index (χ2v) is 4.65. The maximum absolute atomic E-state index is 5.90. The summed E-state index contributed by atoms with van der Waals surface area (Å²) in [7, 11) is 0. The van der Waals surface area contributed by atoms with E-state index in [0.29, 0.717) is 6.10 Å². The molecule has 2 atom stereocenters. The predicted octanol–water partition coefficient (Wildman–Crippen LogP) is 1.89. The van der Waals surface area contributed by atoms with Gasteiger partial charge in [-0.3, -0.25) is 0 Å². The van der Waals surface area contributed by atoms with Crippen molar-refractivity contribution < 1.29 is 4.74 Å². The van der Waals surface area contributed by atoms with Crippen molar-refractivity contribution in [2.45, 2.75) is 23.5 Å². The van der Waals surface area contributed by atoms with E-state index >= 15 is 0 Å². The van der Waals surface area contributed by atoms with Crippen LogP contribution in [-0.4, -0.2) is 24.5 Å². The maximum Gasteiger partial charge on any atom is 0.0960 e. The molecule has 2 nitrogen and oxygen atoms in total. The lowest BCUT2D eigenvalue weighted by Gasteiger charge is -2.07. The smallest absolute Gasteiger partial charge is 0.0960 e. The normalized spacial score (nSPS) is 21.9. The average Bonchev–Trinajstić information content (AvgIpc) is 3.02. The summed E-state index contributed by atoms with van der Waals surface area (Å²) in [5.41, 5.74) is 5.90. The summed E-state index contributed by atoms with van der Waals surface area (Å²) >= 11 is 1.86. The van der Waals surface area contributed by atoms with Gasteiger partial charge in [-0.2, -0.15) is 0 Å². The number of ether oxygens (including phenoxy) is 1. The lowest BCUT2D eigenvalue weighted by atomic mass is 10.2. The number of epoxide rings is 1. The Morgan fingerprint density at radius 3 is 2.79 bits per heavy atom. The standard InChI is InChI=1S/C11H15NOS/c12-10(11-8-13-11)6-7-14-9-4-2-1-3-5-9/h1-5,10-11H,6-8,12H2/t10-,11+/m0/s1. The van der Waals surface area contributed by atoms with Gasteiger partial charge in [0, 0.05) is 10.9 Å². The second kappa shape index (κ2) is 4.82. The zero-order valence-electron chi connectivity index (χ0n) is 8.06. The van der Waals surface area contributed by atoms with Crippen LogP contribution in [0.4, 0.5) is 0 Å². The summed E-state index contributed by atoms with van der Waals surface area (Å²) < 4.78 is 5.14. The van der Waals surface area contributed by atoms with Gasteiger partial charge in [-0.1, -0.05) is 18.2 Å². The molecule has 1 fully saturated rings. The number of rotatable bonds is 5. The summed E-state index contributed by atoms with van der Waals surface area (Å²) in [5.74, 6) is 1.07. The SMILES string of the molecule is N[C@@H](CCSc1ccccc1)[C@H]1CO1. The molecule has 1 heterocycles. The first kappa shape index (κ1) is 10.0. The number of nitrogens with two attached hydrogens (primary N) is 1. The number of hydrogen-bond acceptors (Lipinski definition) is 3. The van der Waals surface area contributed by atoms with E-state index in [1.165, 1.54) is 4.90 Å². The van der Waals surface area contributed by atoms with Crippen LogP contribution >= 0.6 is 11.8 Å². The number of benzene rings is 1. The van der Waals surface area contributed by atoms with E-state index in [1.54, 1.807) is 0 Å². The molecule has 0 amide bonds. The van der Waals surface area contributed by atoms with Gasteiger partial charge in [-0.15, -0.1) is 11.8 Å². The van der Waals surface area contributed by atoms with Gasteiger partial charge in [0.25, 0.3) is 0 Å². The quantitative estimate of drug-likeness (QED) is 0.594. The molecule has 1 saturated heterocycles. The van der Waals surface area contributed by atoms with E-state index in [9.17, 15) is 0 Å². The van der Waals surface area contributed by atoms with Crippen LogP contribution in [0.5, 0.6) is 0 Å². The molecule has 1 aliphatic heterocycles. The van der Waals surface area contributed by atoms with E-state index in [4.69, 9.17) is 10.5 Å². The van der Waals surface area contributed by atoms with E-state index in [-0.39, 0.29) is 6.04 Å². The monoisotopic (exact) mass is 209 g/mol. The fourth-order valence-corrected chi connectivity index (χ4v) is 2.29. The highest BCUT2D eigenvalue weighted by Gasteiger charge is 2.29. The highest BCUT2D eigenvalue weighted by atomic mass is 32.2. The summed E-state index contributed by atoms with van der Waals surface area (Å²) in [5, 5.41) is 0. The fraction of sp³-hybridized carbons (Fsp3) is 0.455. The Morgan fingerprint density at radius 1 is 1.43 bits per heavy atom. The van der Waals surface area contributed by atoms with Crippen molar-refractivity contribution in [2.75, 3.05) is 12.4 Å². The number of hydrogen-bond donors (Lipinski definition) is 1. The second-order valence-electron chi connectivity index (χ2n) is 3.49. The van der Waals surface area contributed by atoms with Crippen LogP contribution in [0.25, 0.3) is 0 Å². The van der Waals surface area contributed by atoms with Gasteiger partial charge in [-0.05, 0) is 24.3 Å². The highest BCUT2D eigenvalue weighted by Crippen LogP contribution is 2.21. The molecule has 1 aliphatic rings. The van der Waals surface area contributed by atoms with Gasteiger partial charge in [0.15, 0.2) is 0 Å². The zero-order chi connectivity index (χ0) is 9.80. The van der Waals surface area contributed by atoms with Gasteiger partial charge in [-0.25, -0.2) is 0 Å². The molecule has 14 heavy (non-hydrogen) atoms. The third kappa shape index (κ3) is 3.01. The van der Waals surface area contributed by atoms with Crippen LogP contribution < -0.4 is 5.73 Å². The van der Waals surface area contributed by atoms with Crippen LogP contribution in [-0.2, 0) is 4.74 Å². The molecular formula is C11H15NOS. The summed E-state index contributed by atoms with van der Waals surface area (Å²) in [6.45, 7) is 0.858. The molecule has 0 aromatic heterocycles. The third-order valence-corrected chi connectivity index (χ3v) is 3.35. The maximum atomic E-state index is 5.90. The minimum atomic E-state index is 0.228. The Labute approximate surface area is 88.8 Å². The Hall–Kier alpha value is -0.510. The van der Waals surface area contributed by atoms with Crippen molar-refractivity contribution >= 4 is 11.8 Å². The highest BCUT2D eigenvalue weighted by molar-refractivity contribution is 7.99. The molecule has 0 spiro atoms. The van der Waals surface area contributed by atoms with Crippen molar-refractivity contribution in [3.63, 3.8) is 0 Å². The minimum absolute atomic E-state index is 0.228. The largest absolute Gasteiger partial charge is 0.371 e. The first-order valence-corrected chi connectivity index (χ1v) is 5.90. The van der Waals surface area contributed by atoms with Crippen LogP contribution in [0.3, 0.4) is 0 Å². The van der Waals surface area contributed by atoms with Crippen molar-refractivity contribution in [1.82, 2.24) is 0 Å².